The monoisotopic (exact) mass is 376 g/mol. The molecule has 0 amide bonds. The molecule has 4 aromatic rings. The van der Waals surface area contributed by atoms with Gasteiger partial charge in [-0.15, -0.1) is 0 Å². The third-order valence-electron chi connectivity index (χ3n) is 4.97. The Hall–Kier alpha value is -3.46. The first kappa shape index (κ1) is 16.7. The number of rotatable bonds is 4. The average molecular weight is 376 g/mol. The maximum absolute atomic E-state index is 12.5. The summed E-state index contributed by atoms with van der Waals surface area (Å²) < 4.78 is 3.55. The largest absolute Gasteiger partial charge is 0.366 e. The minimum Gasteiger partial charge on any atom is -0.366 e. The molecule has 0 radical (unpaired) electrons. The van der Waals surface area contributed by atoms with Gasteiger partial charge in [-0.05, 0) is 31.2 Å². The molecule has 4 aromatic heterocycles. The fourth-order valence-corrected chi connectivity index (χ4v) is 3.55. The lowest BCUT2D eigenvalue weighted by molar-refractivity contribution is 0.768. The van der Waals surface area contributed by atoms with Gasteiger partial charge < -0.3 is 15.6 Å². The lowest BCUT2D eigenvalue weighted by atomic mass is 10.1. The molecule has 0 saturated carbocycles. The molecule has 142 valence electrons. The van der Waals surface area contributed by atoms with Crippen molar-refractivity contribution in [1.29, 1.82) is 0 Å². The van der Waals surface area contributed by atoms with Gasteiger partial charge in [0.2, 0.25) is 0 Å². The minimum atomic E-state index is -0.192. The average Bonchev–Trinajstić information content (AvgIpc) is 3.42. The van der Waals surface area contributed by atoms with E-state index in [0.717, 1.165) is 42.2 Å². The van der Waals surface area contributed by atoms with Crippen LogP contribution in [0.15, 0.2) is 47.8 Å². The van der Waals surface area contributed by atoms with Gasteiger partial charge in [0.15, 0.2) is 5.65 Å². The molecule has 1 aliphatic rings. The molecule has 0 bridgehead atoms. The first-order valence-corrected chi connectivity index (χ1v) is 9.21. The van der Waals surface area contributed by atoms with Gasteiger partial charge in [-0.25, -0.2) is 9.97 Å². The second-order valence-corrected chi connectivity index (χ2v) is 6.98. The molecule has 0 aromatic carbocycles. The predicted octanol–water partition coefficient (Wildman–Crippen LogP) is 1.28. The van der Waals surface area contributed by atoms with Gasteiger partial charge in [0.1, 0.15) is 18.0 Å². The van der Waals surface area contributed by atoms with Gasteiger partial charge >= 0.3 is 0 Å². The summed E-state index contributed by atoms with van der Waals surface area (Å²) in [5.41, 5.74) is 2.43. The number of aromatic nitrogens is 6. The van der Waals surface area contributed by atoms with E-state index in [1.54, 1.807) is 17.2 Å². The third-order valence-corrected chi connectivity index (χ3v) is 4.97. The van der Waals surface area contributed by atoms with Crippen LogP contribution in [-0.4, -0.2) is 48.4 Å². The smallest absolute Gasteiger partial charge is 0.257 e. The van der Waals surface area contributed by atoms with Crippen molar-refractivity contribution in [3.8, 4) is 16.9 Å². The number of fused-ring (bicyclic) bond motifs is 1. The highest BCUT2D eigenvalue weighted by Crippen LogP contribution is 2.21. The van der Waals surface area contributed by atoms with E-state index in [4.69, 9.17) is 4.98 Å². The topological polar surface area (TPSA) is 105 Å². The van der Waals surface area contributed by atoms with Crippen LogP contribution in [0.3, 0.4) is 0 Å². The summed E-state index contributed by atoms with van der Waals surface area (Å²) in [5, 5.41) is 11.0. The molecule has 9 nitrogen and oxygen atoms in total. The van der Waals surface area contributed by atoms with Crippen LogP contribution in [0.1, 0.15) is 6.42 Å². The molecule has 0 aliphatic carbocycles. The number of pyridine rings is 2. The number of nitrogens with zero attached hydrogens (tertiary/aromatic N) is 5. The number of imidazole rings is 1. The van der Waals surface area contributed by atoms with E-state index in [0.29, 0.717) is 17.3 Å². The van der Waals surface area contributed by atoms with E-state index >= 15 is 0 Å². The number of hydrogen-bond acceptors (Lipinski definition) is 6. The van der Waals surface area contributed by atoms with Gasteiger partial charge in [-0.2, -0.15) is 5.10 Å². The van der Waals surface area contributed by atoms with Crippen LogP contribution in [0.5, 0.6) is 0 Å². The Balaban J connectivity index is 1.56. The molecular formula is C19H20N8O. The van der Waals surface area contributed by atoms with E-state index < -0.39 is 0 Å². The van der Waals surface area contributed by atoms with Crippen LogP contribution in [0.2, 0.25) is 0 Å². The Morgan fingerprint density at radius 3 is 3.04 bits per heavy atom. The zero-order chi connectivity index (χ0) is 19.1. The van der Waals surface area contributed by atoms with Gasteiger partial charge in [-0.3, -0.25) is 14.0 Å². The Labute approximate surface area is 160 Å². The summed E-state index contributed by atoms with van der Waals surface area (Å²) in [6, 6.07) is 8.07. The number of anilines is 1. The molecule has 0 spiro atoms. The standard InChI is InChI=1S/C19H20N8O/c1-26-10-12(8-22-26)14-7-15-18(25-19(14)28)21-11-27(15)17-4-2-3-16(24-17)23-13-5-6-20-9-13/h2-4,7-8,10-11,13,20H,5-6,9H2,1H3,(H,23,24)(H,25,28). The van der Waals surface area contributed by atoms with Crippen LogP contribution in [-0.2, 0) is 7.05 Å². The van der Waals surface area contributed by atoms with Gasteiger partial charge in [0, 0.05) is 31.4 Å². The molecule has 28 heavy (non-hydrogen) atoms. The molecular weight excluding hydrogens is 356 g/mol. The Morgan fingerprint density at radius 1 is 1.32 bits per heavy atom. The van der Waals surface area contributed by atoms with Crippen LogP contribution in [0.4, 0.5) is 5.82 Å². The SMILES string of the molecule is Cn1cc(-c2cc3c(ncn3-c3cccc(NC4CCNC4)n3)[nH]c2=O)cn1. The van der Waals surface area contributed by atoms with Crippen molar-refractivity contribution in [3.05, 3.63) is 53.3 Å². The van der Waals surface area contributed by atoms with Crippen molar-refractivity contribution < 1.29 is 0 Å². The van der Waals surface area contributed by atoms with E-state index in [1.807, 2.05) is 42.1 Å². The quantitative estimate of drug-likeness (QED) is 0.496. The molecule has 3 N–H and O–H groups in total. The minimum absolute atomic E-state index is 0.192. The Morgan fingerprint density at radius 2 is 2.25 bits per heavy atom. The fourth-order valence-electron chi connectivity index (χ4n) is 3.55. The van der Waals surface area contributed by atoms with Crippen LogP contribution >= 0.6 is 0 Å². The zero-order valence-electron chi connectivity index (χ0n) is 15.4. The number of aromatic amines is 1. The molecule has 5 heterocycles. The fraction of sp³-hybridized carbons (Fsp3) is 0.263. The molecule has 1 saturated heterocycles. The molecule has 1 aliphatic heterocycles. The molecule has 5 rings (SSSR count). The molecule has 1 atom stereocenters. The summed E-state index contributed by atoms with van der Waals surface area (Å²) in [4.78, 5) is 24.4. The van der Waals surface area contributed by atoms with Crippen molar-refractivity contribution in [1.82, 2.24) is 34.6 Å². The number of aryl methyl sites for hydroxylation is 1. The van der Waals surface area contributed by atoms with E-state index in [9.17, 15) is 4.79 Å². The van der Waals surface area contributed by atoms with E-state index in [1.165, 1.54) is 0 Å². The first-order chi connectivity index (χ1) is 13.7. The molecule has 1 unspecified atom stereocenters. The molecule has 9 heteroatoms. The number of H-pyrrole nitrogens is 1. The summed E-state index contributed by atoms with van der Waals surface area (Å²) in [5.74, 6) is 1.56. The molecule has 1 fully saturated rings. The first-order valence-electron chi connectivity index (χ1n) is 9.21. The number of nitrogens with one attached hydrogen (secondary N) is 3. The highest BCUT2D eigenvalue weighted by Gasteiger charge is 2.16. The summed E-state index contributed by atoms with van der Waals surface area (Å²) in [6.45, 7) is 1.96. The van der Waals surface area contributed by atoms with Crippen molar-refractivity contribution in [2.24, 2.45) is 7.05 Å². The maximum atomic E-state index is 12.5. The van der Waals surface area contributed by atoms with Crippen LogP contribution in [0, 0.1) is 0 Å². The Kier molecular flexibility index (Phi) is 3.94. The summed E-state index contributed by atoms with van der Waals surface area (Å²) in [7, 11) is 1.82. The zero-order valence-corrected chi connectivity index (χ0v) is 15.4. The van der Waals surface area contributed by atoms with E-state index in [-0.39, 0.29) is 5.56 Å². The lowest BCUT2D eigenvalue weighted by Gasteiger charge is -2.13. The van der Waals surface area contributed by atoms with Gasteiger partial charge in [-0.1, -0.05) is 6.07 Å². The third kappa shape index (κ3) is 2.95. The maximum Gasteiger partial charge on any atom is 0.257 e. The highest BCUT2D eigenvalue weighted by molar-refractivity contribution is 5.79. The van der Waals surface area contributed by atoms with Crippen molar-refractivity contribution >= 4 is 17.0 Å². The Bertz CT molecular complexity index is 1200. The van der Waals surface area contributed by atoms with Gasteiger partial charge in [0.05, 0.1) is 17.3 Å². The second kappa shape index (κ2) is 6.61. The van der Waals surface area contributed by atoms with Crippen LogP contribution < -0.4 is 16.2 Å². The highest BCUT2D eigenvalue weighted by atomic mass is 16.1. The van der Waals surface area contributed by atoms with E-state index in [2.05, 4.69) is 25.7 Å². The van der Waals surface area contributed by atoms with Crippen molar-refractivity contribution in [2.45, 2.75) is 12.5 Å². The van der Waals surface area contributed by atoms with Crippen molar-refractivity contribution in [3.63, 3.8) is 0 Å². The predicted molar refractivity (Wildman–Crippen MR) is 107 cm³/mol. The second-order valence-electron chi connectivity index (χ2n) is 6.98. The lowest BCUT2D eigenvalue weighted by Crippen LogP contribution is -2.22. The van der Waals surface area contributed by atoms with Crippen LogP contribution in [0.25, 0.3) is 28.1 Å². The normalized spacial score (nSPS) is 16.7. The summed E-state index contributed by atoms with van der Waals surface area (Å²) >= 11 is 0. The number of hydrogen-bond donors (Lipinski definition) is 3. The van der Waals surface area contributed by atoms with Crippen molar-refractivity contribution in [2.75, 3.05) is 18.4 Å². The van der Waals surface area contributed by atoms with Gasteiger partial charge in [0.25, 0.3) is 5.56 Å². The summed E-state index contributed by atoms with van der Waals surface area (Å²) in [6.07, 6.45) is 6.25.